The van der Waals surface area contributed by atoms with E-state index in [0.29, 0.717) is 16.6 Å². The minimum Gasteiger partial charge on any atom is -0.295 e. The molecule has 0 aromatic rings. The zero-order valence-corrected chi connectivity index (χ0v) is 15.2. The maximum absolute atomic E-state index is 11.9. The molecule has 1 nitrogen and oxygen atoms in total. The molecule has 23 heavy (non-hydrogen) atoms. The number of ketones is 1. The van der Waals surface area contributed by atoms with Gasteiger partial charge >= 0.3 is 0 Å². The van der Waals surface area contributed by atoms with Gasteiger partial charge in [0.25, 0.3) is 0 Å². The van der Waals surface area contributed by atoms with E-state index in [9.17, 15) is 4.79 Å². The van der Waals surface area contributed by atoms with Crippen LogP contribution in [0.25, 0.3) is 0 Å². The fourth-order valence-electron chi connectivity index (χ4n) is 7.32. The Labute approximate surface area is 141 Å². The summed E-state index contributed by atoms with van der Waals surface area (Å²) in [5.41, 5.74) is 4.13. The molecule has 0 radical (unpaired) electrons. The van der Waals surface area contributed by atoms with Crippen LogP contribution >= 0.6 is 0 Å². The molecule has 3 fully saturated rings. The van der Waals surface area contributed by atoms with E-state index in [1.165, 1.54) is 50.5 Å². The fraction of sp³-hybridized carbons (Fsp3) is 0.773. The molecule has 0 aromatic carbocycles. The Morgan fingerprint density at radius 2 is 1.96 bits per heavy atom. The Balaban J connectivity index is 1.70. The van der Waals surface area contributed by atoms with Crippen molar-refractivity contribution in [3.63, 3.8) is 0 Å². The van der Waals surface area contributed by atoms with Crippen LogP contribution < -0.4 is 0 Å². The third-order valence-corrected chi connectivity index (χ3v) is 8.51. The normalized spacial score (nSPS) is 47.8. The smallest absolute Gasteiger partial charge is 0.155 e. The highest BCUT2D eigenvalue weighted by atomic mass is 16.1. The molecule has 0 amide bonds. The Morgan fingerprint density at radius 1 is 1.13 bits per heavy atom. The third-order valence-electron chi connectivity index (χ3n) is 8.51. The lowest BCUT2D eigenvalue weighted by atomic mass is 9.46. The van der Waals surface area contributed by atoms with Crippen LogP contribution in [-0.2, 0) is 4.79 Å². The van der Waals surface area contributed by atoms with E-state index in [1.807, 2.05) is 6.08 Å². The summed E-state index contributed by atoms with van der Waals surface area (Å²) >= 11 is 0. The zero-order valence-electron chi connectivity index (χ0n) is 15.2. The number of allylic oxidation sites excluding steroid dienone is 3. The van der Waals surface area contributed by atoms with Crippen LogP contribution in [-0.4, -0.2) is 5.78 Å². The van der Waals surface area contributed by atoms with Crippen molar-refractivity contribution in [2.24, 2.45) is 28.6 Å². The van der Waals surface area contributed by atoms with Crippen molar-refractivity contribution in [2.75, 3.05) is 0 Å². The Morgan fingerprint density at radius 3 is 2.70 bits per heavy atom. The number of fused-ring (bicyclic) bond motifs is 5. The molecular formula is C22H32O. The molecule has 1 heteroatoms. The fourth-order valence-corrected chi connectivity index (χ4v) is 7.32. The third kappa shape index (κ3) is 2.01. The highest BCUT2D eigenvalue weighted by Crippen LogP contribution is 2.67. The van der Waals surface area contributed by atoms with E-state index >= 15 is 0 Å². The molecule has 0 saturated heterocycles. The topological polar surface area (TPSA) is 17.1 Å². The lowest BCUT2D eigenvalue weighted by Crippen LogP contribution is -2.50. The van der Waals surface area contributed by atoms with Gasteiger partial charge in [0, 0.05) is 6.42 Å². The van der Waals surface area contributed by atoms with Gasteiger partial charge in [0.15, 0.2) is 5.78 Å². The van der Waals surface area contributed by atoms with Crippen LogP contribution in [0.1, 0.15) is 78.6 Å². The average molecular weight is 312 g/mol. The molecule has 4 aliphatic rings. The average Bonchev–Trinajstić information content (AvgIpc) is 2.94. The summed E-state index contributed by atoms with van der Waals surface area (Å²) < 4.78 is 0. The van der Waals surface area contributed by atoms with E-state index in [0.717, 1.165) is 30.6 Å². The maximum atomic E-state index is 11.9. The van der Waals surface area contributed by atoms with E-state index in [2.05, 4.69) is 26.8 Å². The van der Waals surface area contributed by atoms with E-state index < -0.39 is 0 Å². The Bertz CT molecular complexity index is 583. The minimum absolute atomic E-state index is 0.329. The predicted molar refractivity (Wildman–Crippen MR) is 95.1 cm³/mol. The van der Waals surface area contributed by atoms with Crippen LogP contribution in [0.3, 0.4) is 0 Å². The summed E-state index contributed by atoms with van der Waals surface area (Å²) in [6, 6.07) is 0. The van der Waals surface area contributed by atoms with Gasteiger partial charge in [-0.2, -0.15) is 0 Å². The molecule has 0 unspecified atom stereocenters. The van der Waals surface area contributed by atoms with Gasteiger partial charge in [-0.25, -0.2) is 0 Å². The van der Waals surface area contributed by atoms with Crippen molar-refractivity contribution < 1.29 is 4.79 Å². The van der Waals surface area contributed by atoms with Crippen LogP contribution in [0.5, 0.6) is 0 Å². The quantitative estimate of drug-likeness (QED) is 0.555. The Hall–Kier alpha value is -0.850. The van der Waals surface area contributed by atoms with E-state index in [1.54, 1.807) is 5.57 Å². The van der Waals surface area contributed by atoms with Gasteiger partial charge in [-0.05, 0) is 93.0 Å². The molecule has 0 bridgehead atoms. The van der Waals surface area contributed by atoms with Crippen molar-refractivity contribution >= 4 is 5.78 Å². The highest BCUT2D eigenvalue weighted by Gasteiger charge is 2.58. The molecule has 0 heterocycles. The summed E-state index contributed by atoms with van der Waals surface area (Å²) in [5, 5.41) is 0. The summed E-state index contributed by atoms with van der Waals surface area (Å²) in [7, 11) is 0. The number of rotatable bonds is 1. The maximum Gasteiger partial charge on any atom is 0.155 e. The van der Waals surface area contributed by atoms with Crippen LogP contribution in [0.2, 0.25) is 0 Å². The molecule has 3 saturated carbocycles. The van der Waals surface area contributed by atoms with Crippen molar-refractivity contribution in [3.8, 4) is 0 Å². The Kier molecular flexibility index (Phi) is 3.63. The van der Waals surface area contributed by atoms with Crippen LogP contribution in [0.4, 0.5) is 0 Å². The van der Waals surface area contributed by atoms with E-state index in [-0.39, 0.29) is 0 Å². The molecule has 0 N–H and O–H groups in total. The van der Waals surface area contributed by atoms with Gasteiger partial charge in [-0.1, -0.05) is 31.1 Å². The second-order valence-corrected chi connectivity index (χ2v) is 8.87. The molecule has 4 rings (SSSR count). The lowest BCUT2D eigenvalue weighted by Gasteiger charge is -2.58. The monoisotopic (exact) mass is 312 g/mol. The van der Waals surface area contributed by atoms with Gasteiger partial charge in [-0.15, -0.1) is 0 Å². The van der Waals surface area contributed by atoms with Gasteiger partial charge in [0.1, 0.15) is 0 Å². The van der Waals surface area contributed by atoms with Crippen LogP contribution in [0.15, 0.2) is 23.3 Å². The molecular weight excluding hydrogens is 280 g/mol. The summed E-state index contributed by atoms with van der Waals surface area (Å²) in [6.45, 7) is 7.18. The van der Waals surface area contributed by atoms with Gasteiger partial charge in [-0.3, -0.25) is 4.79 Å². The molecule has 0 aromatic heterocycles. The number of hydrogen-bond acceptors (Lipinski definition) is 1. The molecule has 4 aliphatic carbocycles. The second-order valence-electron chi connectivity index (χ2n) is 8.87. The summed E-state index contributed by atoms with van der Waals surface area (Å²) in [5.74, 6) is 3.02. The first-order valence-corrected chi connectivity index (χ1v) is 9.94. The molecule has 0 spiro atoms. The summed E-state index contributed by atoms with van der Waals surface area (Å²) in [4.78, 5) is 11.9. The number of hydrogen-bond donors (Lipinski definition) is 0. The predicted octanol–water partition coefficient (Wildman–Crippen LogP) is 5.85. The zero-order chi connectivity index (χ0) is 16.2. The summed E-state index contributed by atoms with van der Waals surface area (Å²) in [6.07, 6.45) is 15.8. The molecule has 0 aliphatic heterocycles. The SMILES string of the molecule is CC=C1CC[C@H]2[C@@H]3CCC4=CC(=O)CC[C@]4(C)[C@H]3CC[C@]12CC. The van der Waals surface area contributed by atoms with Gasteiger partial charge < -0.3 is 0 Å². The first-order valence-electron chi connectivity index (χ1n) is 9.94. The molecule has 5 atom stereocenters. The second kappa shape index (κ2) is 5.33. The van der Waals surface area contributed by atoms with Crippen molar-refractivity contribution in [2.45, 2.75) is 78.6 Å². The first kappa shape index (κ1) is 15.7. The van der Waals surface area contributed by atoms with Gasteiger partial charge in [0.05, 0.1) is 0 Å². The van der Waals surface area contributed by atoms with Gasteiger partial charge in [0.2, 0.25) is 0 Å². The van der Waals surface area contributed by atoms with Crippen molar-refractivity contribution in [1.82, 2.24) is 0 Å². The minimum atomic E-state index is 0.329. The van der Waals surface area contributed by atoms with Crippen molar-refractivity contribution in [3.05, 3.63) is 23.3 Å². The highest BCUT2D eigenvalue weighted by molar-refractivity contribution is 5.91. The van der Waals surface area contributed by atoms with E-state index in [4.69, 9.17) is 0 Å². The van der Waals surface area contributed by atoms with Crippen molar-refractivity contribution in [1.29, 1.82) is 0 Å². The molecule has 126 valence electrons. The largest absolute Gasteiger partial charge is 0.295 e. The number of carbonyl (C=O) groups excluding carboxylic acids is 1. The lowest BCUT2D eigenvalue weighted by molar-refractivity contribution is -0.117. The standard InChI is InChI=1S/C22H32O/c1-4-15-7-9-20-18-8-6-16-14-17(23)10-12-21(16,3)19(18)11-13-22(15,20)5-2/h4,14,18-20H,5-13H2,1-3H3/t18-,19+,20+,21+,22-/m1/s1. The number of carbonyl (C=O) groups is 1. The first-order chi connectivity index (χ1) is 11.0. The van der Waals surface area contributed by atoms with Crippen LogP contribution in [0, 0.1) is 28.6 Å².